The summed E-state index contributed by atoms with van der Waals surface area (Å²) >= 11 is 0. The molecular weight excluding hydrogens is 386 g/mol. The van der Waals surface area contributed by atoms with Gasteiger partial charge in [0.15, 0.2) is 5.65 Å². The average molecular weight is 416 g/mol. The van der Waals surface area contributed by atoms with E-state index in [1.165, 1.54) is 6.42 Å². The minimum absolute atomic E-state index is 0. The van der Waals surface area contributed by atoms with Crippen molar-refractivity contribution in [3.63, 3.8) is 0 Å². The van der Waals surface area contributed by atoms with Gasteiger partial charge in [-0.1, -0.05) is 28.2 Å². The zero-order valence-electron chi connectivity index (χ0n) is 16.5. The lowest BCUT2D eigenvalue weighted by molar-refractivity contribution is -0.117. The molecule has 0 saturated heterocycles. The molecule has 1 aliphatic rings. The van der Waals surface area contributed by atoms with Gasteiger partial charge < -0.3 is 0 Å². The largest absolute Gasteiger partial charge is 0.296 e. The van der Waals surface area contributed by atoms with Crippen molar-refractivity contribution in [3.05, 3.63) is 36.7 Å². The molecule has 0 radical (unpaired) electrons. The van der Waals surface area contributed by atoms with E-state index in [0.29, 0.717) is 18.4 Å². The van der Waals surface area contributed by atoms with Crippen molar-refractivity contribution in [1.29, 1.82) is 0 Å². The van der Waals surface area contributed by atoms with E-state index in [1.54, 1.807) is 6.20 Å². The summed E-state index contributed by atoms with van der Waals surface area (Å²) in [6.07, 6.45) is 7.39. The Labute approximate surface area is 178 Å². The van der Waals surface area contributed by atoms with Crippen molar-refractivity contribution < 1.29 is 4.79 Å². The number of rotatable bonds is 4. The summed E-state index contributed by atoms with van der Waals surface area (Å²) in [5.41, 5.74) is 3.40. The third-order valence-corrected chi connectivity index (χ3v) is 4.88. The summed E-state index contributed by atoms with van der Waals surface area (Å²) in [6.45, 7) is 6.18. The van der Waals surface area contributed by atoms with Gasteiger partial charge >= 0.3 is 0 Å². The molecule has 0 aliphatic heterocycles. The molecule has 0 unspecified atom stereocenters. The highest BCUT2D eigenvalue weighted by Gasteiger charge is 2.27. The number of anilines is 1. The minimum Gasteiger partial charge on any atom is -0.296 e. The molecule has 0 bridgehead atoms. The van der Waals surface area contributed by atoms with Crippen LogP contribution in [0.1, 0.15) is 59.9 Å². The van der Waals surface area contributed by atoms with Crippen LogP contribution in [0.15, 0.2) is 36.7 Å². The van der Waals surface area contributed by atoms with Crippen LogP contribution >= 0.6 is 12.4 Å². The van der Waals surface area contributed by atoms with E-state index in [4.69, 9.17) is 4.98 Å². The molecule has 156 valence electrons. The van der Waals surface area contributed by atoms with Crippen LogP contribution in [0.2, 0.25) is 0 Å². The molecule has 1 amide bonds. The molecule has 1 N–H and O–H groups in total. The third-order valence-electron chi connectivity index (χ3n) is 4.88. The third kappa shape index (κ3) is 4.93. The molecule has 3 aromatic rings. The number of imidazole rings is 1. The van der Waals surface area contributed by atoms with Crippen molar-refractivity contribution in [2.75, 3.05) is 5.32 Å². The Morgan fingerprint density at radius 2 is 1.97 bits per heavy atom. The summed E-state index contributed by atoms with van der Waals surface area (Å²) in [5.74, 6) is 0.602. The summed E-state index contributed by atoms with van der Waals surface area (Å²) in [7, 11) is 0. The van der Waals surface area contributed by atoms with Gasteiger partial charge in [0.2, 0.25) is 11.9 Å². The molecule has 1 fully saturated rings. The number of hydrogen-bond donors (Lipinski definition) is 1. The molecule has 6 nitrogen and oxygen atoms in total. The van der Waals surface area contributed by atoms with Gasteiger partial charge in [-0.25, -0.2) is 9.97 Å². The van der Waals surface area contributed by atoms with Crippen molar-refractivity contribution in [1.82, 2.24) is 19.5 Å². The number of amides is 1. The van der Waals surface area contributed by atoms with Crippen LogP contribution in [0.3, 0.4) is 0 Å². The zero-order valence-corrected chi connectivity index (χ0v) is 17.3. The maximum atomic E-state index is 12.5. The second-order valence-electron chi connectivity index (χ2n) is 8.46. The van der Waals surface area contributed by atoms with E-state index in [0.717, 1.165) is 35.3 Å². The first-order chi connectivity index (χ1) is 12.9. The molecular formula is C22H30ClN5O. The van der Waals surface area contributed by atoms with Crippen molar-refractivity contribution in [2.24, 2.45) is 5.41 Å². The van der Waals surface area contributed by atoms with Crippen LogP contribution in [0.5, 0.6) is 0 Å². The van der Waals surface area contributed by atoms with Crippen LogP contribution < -0.4 is 5.32 Å². The molecule has 7 heteroatoms. The standard InChI is InChI=1S/C21H25N5O.CH4.ClH/c1-21(2,3)12-18(27)25-20-24-17-10-9-16(14-6-5-11-22-13-14)23-19(17)26(20)15-7-4-8-15;;/h5-6,9-11,13,15H,4,7-8,12H2,1-3H3,(H,24,25,27);1H4;1H. The fraction of sp³-hybridized carbons (Fsp3) is 0.455. The van der Waals surface area contributed by atoms with E-state index in [2.05, 4.69) is 40.6 Å². The Bertz CT molecular complexity index is 974. The van der Waals surface area contributed by atoms with Crippen LogP contribution in [-0.4, -0.2) is 25.4 Å². The lowest BCUT2D eigenvalue weighted by Crippen LogP contribution is -2.24. The van der Waals surface area contributed by atoms with Crippen LogP contribution in [0.25, 0.3) is 22.4 Å². The fourth-order valence-corrected chi connectivity index (χ4v) is 3.38. The molecule has 0 atom stereocenters. The van der Waals surface area contributed by atoms with Gasteiger partial charge in [0.1, 0.15) is 5.52 Å². The quantitative estimate of drug-likeness (QED) is 0.597. The summed E-state index contributed by atoms with van der Waals surface area (Å²) in [5, 5.41) is 3.03. The van der Waals surface area contributed by atoms with Crippen molar-refractivity contribution in [3.8, 4) is 11.3 Å². The Morgan fingerprint density at radius 1 is 1.21 bits per heavy atom. The molecule has 1 saturated carbocycles. The van der Waals surface area contributed by atoms with Gasteiger partial charge in [-0.15, -0.1) is 12.4 Å². The predicted octanol–water partition coefficient (Wildman–Crippen LogP) is 5.65. The highest BCUT2D eigenvalue weighted by Crippen LogP contribution is 2.37. The van der Waals surface area contributed by atoms with E-state index in [-0.39, 0.29) is 31.2 Å². The Balaban J connectivity index is 0.00000150. The van der Waals surface area contributed by atoms with Gasteiger partial charge in [-0.3, -0.25) is 19.7 Å². The molecule has 3 heterocycles. The SMILES string of the molecule is C.CC(C)(C)CC(=O)Nc1nc2ccc(-c3cccnc3)nc2n1C1CCC1.Cl. The average Bonchev–Trinajstić information content (AvgIpc) is 2.89. The van der Waals surface area contributed by atoms with E-state index >= 15 is 0 Å². The number of nitrogens with one attached hydrogen (secondary N) is 1. The maximum absolute atomic E-state index is 12.5. The Morgan fingerprint density at radius 3 is 2.55 bits per heavy atom. The molecule has 29 heavy (non-hydrogen) atoms. The highest BCUT2D eigenvalue weighted by molar-refractivity contribution is 5.91. The second kappa shape index (κ2) is 8.91. The predicted molar refractivity (Wildman–Crippen MR) is 120 cm³/mol. The van der Waals surface area contributed by atoms with Gasteiger partial charge in [0.05, 0.1) is 5.69 Å². The second-order valence-corrected chi connectivity index (χ2v) is 8.46. The van der Waals surface area contributed by atoms with Crippen molar-refractivity contribution in [2.45, 2.75) is 59.9 Å². The van der Waals surface area contributed by atoms with Crippen LogP contribution in [0, 0.1) is 5.41 Å². The highest BCUT2D eigenvalue weighted by atomic mass is 35.5. The van der Waals surface area contributed by atoms with E-state index < -0.39 is 0 Å². The lowest BCUT2D eigenvalue weighted by atomic mass is 9.92. The number of aromatic nitrogens is 4. The Hall–Kier alpha value is -2.47. The van der Waals surface area contributed by atoms with E-state index in [9.17, 15) is 4.79 Å². The zero-order chi connectivity index (χ0) is 19.0. The van der Waals surface area contributed by atoms with Crippen LogP contribution in [0.4, 0.5) is 5.95 Å². The number of carbonyl (C=O) groups is 1. The van der Waals surface area contributed by atoms with E-state index in [1.807, 2.05) is 30.5 Å². The maximum Gasteiger partial charge on any atom is 0.227 e. The first-order valence-electron chi connectivity index (χ1n) is 9.50. The lowest BCUT2D eigenvalue weighted by Gasteiger charge is -2.28. The normalized spacial score (nSPS) is 13.9. The van der Waals surface area contributed by atoms with Gasteiger partial charge in [-0.05, 0) is 48.9 Å². The molecule has 0 spiro atoms. The topological polar surface area (TPSA) is 72.7 Å². The summed E-state index contributed by atoms with van der Waals surface area (Å²) in [6, 6.07) is 8.17. The van der Waals surface area contributed by atoms with Gasteiger partial charge in [-0.2, -0.15) is 0 Å². The molecule has 1 aliphatic carbocycles. The van der Waals surface area contributed by atoms with Gasteiger partial charge in [0.25, 0.3) is 0 Å². The summed E-state index contributed by atoms with van der Waals surface area (Å²) < 4.78 is 2.11. The Kier molecular flexibility index (Phi) is 7.01. The number of hydrogen-bond acceptors (Lipinski definition) is 4. The first-order valence-corrected chi connectivity index (χ1v) is 9.50. The van der Waals surface area contributed by atoms with Gasteiger partial charge in [0, 0.05) is 30.4 Å². The molecule has 4 rings (SSSR count). The van der Waals surface area contributed by atoms with Crippen LogP contribution in [-0.2, 0) is 4.79 Å². The number of halogens is 1. The monoisotopic (exact) mass is 415 g/mol. The number of carbonyl (C=O) groups excluding carboxylic acids is 1. The molecule has 0 aromatic carbocycles. The minimum atomic E-state index is -0.0663. The summed E-state index contributed by atoms with van der Waals surface area (Å²) in [4.78, 5) is 26.2. The number of fused-ring (bicyclic) bond motifs is 1. The fourth-order valence-electron chi connectivity index (χ4n) is 3.38. The number of nitrogens with zero attached hydrogens (tertiary/aromatic N) is 4. The molecule has 3 aromatic heterocycles. The number of pyridine rings is 2. The van der Waals surface area contributed by atoms with Crippen molar-refractivity contribution >= 4 is 35.4 Å². The smallest absolute Gasteiger partial charge is 0.227 e. The first kappa shape index (κ1) is 22.8.